The minimum absolute atomic E-state index is 0.142. The number of hydrogen-bond donors (Lipinski definition) is 2. The Hall–Kier alpha value is -1.35. The summed E-state index contributed by atoms with van der Waals surface area (Å²) in [5.41, 5.74) is 2.51. The molecule has 1 atom stereocenters. The van der Waals surface area contributed by atoms with E-state index in [0.29, 0.717) is 12.5 Å². The van der Waals surface area contributed by atoms with Gasteiger partial charge in [0.2, 0.25) is 5.91 Å². The number of nitrogens with one attached hydrogen (secondary N) is 2. The summed E-state index contributed by atoms with van der Waals surface area (Å²) in [7, 11) is 0. The van der Waals surface area contributed by atoms with E-state index in [1.165, 1.54) is 11.1 Å². The molecular weight excluding hydrogens is 236 g/mol. The predicted molar refractivity (Wildman–Crippen MR) is 78.0 cm³/mol. The van der Waals surface area contributed by atoms with Gasteiger partial charge in [-0.2, -0.15) is 0 Å². The van der Waals surface area contributed by atoms with Gasteiger partial charge in [-0.3, -0.25) is 4.79 Å². The Kier molecular flexibility index (Phi) is 4.97. The molecule has 1 aliphatic heterocycles. The van der Waals surface area contributed by atoms with Crippen LogP contribution >= 0.6 is 0 Å². The van der Waals surface area contributed by atoms with Crippen LogP contribution in [0.1, 0.15) is 43.7 Å². The van der Waals surface area contributed by atoms with E-state index in [1.54, 1.807) is 0 Å². The van der Waals surface area contributed by atoms with Crippen LogP contribution < -0.4 is 10.6 Å². The van der Waals surface area contributed by atoms with E-state index in [1.807, 2.05) is 0 Å². The molecule has 3 nitrogen and oxygen atoms in total. The van der Waals surface area contributed by atoms with E-state index in [9.17, 15) is 4.79 Å². The second-order valence-corrected chi connectivity index (χ2v) is 5.66. The Bertz CT molecular complexity index is 405. The summed E-state index contributed by atoms with van der Waals surface area (Å²) in [6.45, 7) is 6.87. The number of rotatable bonds is 4. The van der Waals surface area contributed by atoms with Gasteiger partial charge in [-0.15, -0.1) is 0 Å². The first kappa shape index (κ1) is 14.1. The highest BCUT2D eigenvalue weighted by atomic mass is 16.1. The Balaban J connectivity index is 1.82. The summed E-state index contributed by atoms with van der Waals surface area (Å²) in [6, 6.07) is 8.51. The van der Waals surface area contributed by atoms with Crippen LogP contribution in [0.3, 0.4) is 0 Å². The highest BCUT2D eigenvalue weighted by molar-refractivity contribution is 5.78. The summed E-state index contributed by atoms with van der Waals surface area (Å²) in [6.07, 6.45) is 2.10. The molecule has 1 fully saturated rings. The monoisotopic (exact) mass is 260 g/mol. The van der Waals surface area contributed by atoms with Gasteiger partial charge >= 0.3 is 0 Å². The van der Waals surface area contributed by atoms with Gasteiger partial charge in [0.05, 0.1) is 5.92 Å². The third-order valence-electron chi connectivity index (χ3n) is 3.78. The first-order valence-corrected chi connectivity index (χ1v) is 7.24. The molecule has 1 aliphatic rings. The van der Waals surface area contributed by atoms with Crippen molar-refractivity contribution in [1.29, 1.82) is 0 Å². The first-order chi connectivity index (χ1) is 9.16. The van der Waals surface area contributed by atoms with E-state index < -0.39 is 0 Å². The van der Waals surface area contributed by atoms with E-state index in [0.717, 1.165) is 25.9 Å². The predicted octanol–water partition coefficient (Wildman–Crippen LogP) is 2.43. The van der Waals surface area contributed by atoms with Crippen LogP contribution in [0.5, 0.6) is 0 Å². The van der Waals surface area contributed by atoms with Crippen molar-refractivity contribution < 1.29 is 4.79 Å². The lowest BCUT2D eigenvalue weighted by molar-refractivity contribution is -0.125. The van der Waals surface area contributed by atoms with Gasteiger partial charge in [0, 0.05) is 13.1 Å². The molecule has 19 heavy (non-hydrogen) atoms. The number of hydrogen-bond acceptors (Lipinski definition) is 2. The molecule has 0 bridgehead atoms. The Labute approximate surface area is 115 Å². The smallest absolute Gasteiger partial charge is 0.224 e. The van der Waals surface area contributed by atoms with Gasteiger partial charge in [0.15, 0.2) is 0 Å². The lowest BCUT2D eigenvalue weighted by Gasteiger charge is -2.21. The molecule has 2 N–H and O–H groups in total. The molecule has 0 aromatic heterocycles. The molecule has 1 unspecified atom stereocenters. The van der Waals surface area contributed by atoms with Crippen LogP contribution in [-0.2, 0) is 11.3 Å². The average molecular weight is 260 g/mol. The van der Waals surface area contributed by atoms with E-state index >= 15 is 0 Å². The second kappa shape index (κ2) is 6.71. The fourth-order valence-corrected chi connectivity index (χ4v) is 2.43. The molecule has 0 radical (unpaired) electrons. The van der Waals surface area contributed by atoms with Crippen molar-refractivity contribution in [2.75, 3.05) is 13.1 Å². The number of piperidine rings is 1. The Morgan fingerprint density at radius 2 is 2.11 bits per heavy atom. The molecule has 0 aliphatic carbocycles. The molecule has 3 heteroatoms. The van der Waals surface area contributed by atoms with E-state index in [2.05, 4.69) is 48.7 Å². The maximum Gasteiger partial charge on any atom is 0.224 e. The minimum Gasteiger partial charge on any atom is -0.352 e. The third kappa shape index (κ3) is 4.06. The van der Waals surface area contributed by atoms with E-state index in [4.69, 9.17) is 0 Å². The van der Waals surface area contributed by atoms with Crippen LogP contribution in [0.15, 0.2) is 24.3 Å². The molecule has 0 spiro atoms. The largest absolute Gasteiger partial charge is 0.352 e. The molecule has 2 rings (SSSR count). The Morgan fingerprint density at radius 1 is 1.37 bits per heavy atom. The van der Waals surface area contributed by atoms with Gasteiger partial charge in [0.1, 0.15) is 0 Å². The molecule has 1 heterocycles. The summed E-state index contributed by atoms with van der Waals surface area (Å²) in [4.78, 5) is 12.0. The zero-order valence-electron chi connectivity index (χ0n) is 11.9. The highest BCUT2D eigenvalue weighted by Gasteiger charge is 2.20. The van der Waals surface area contributed by atoms with Gasteiger partial charge < -0.3 is 10.6 Å². The molecule has 104 valence electrons. The molecule has 1 aromatic carbocycles. The quantitative estimate of drug-likeness (QED) is 0.873. The van der Waals surface area contributed by atoms with Crippen LogP contribution in [0.2, 0.25) is 0 Å². The Morgan fingerprint density at radius 3 is 2.68 bits per heavy atom. The summed E-state index contributed by atoms with van der Waals surface area (Å²) >= 11 is 0. The fraction of sp³-hybridized carbons (Fsp3) is 0.562. The number of amides is 1. The summed E-state index contributed by atoms with van der Waals surface area (Å²) in [5, 5.41) is 6.31. The zero-order chi connectivity index (χ0) is 13.7. The van der Waals surface area contributed by atoms with Gasteiger partial charge in [-0.1, -0.05) is 38.1 Å². The van der Waals surface area contributed by atoms with Gasteiger partial charge in [-0.05, 0) is 36.4 Å². The SMILES string of the molecule is CC(C)c1ccc(CNC(=O)C2CCCNC2)cc1. The molecular formula is C16H24N2O. The van der Waals surface area contributed by atoms with Gasteiger partial charge in [0.25, 0.3) is 0 Å². The van der Waals surface area contributed by atoms with Crippen LogP contribution in [0.4, 0.5) is 0 Å². The average Bonchev–Trinajstić information content (AvgIpc) is 2.46. The van der Waals surface area contributed by atoms with Crippen molar-refractivity contribution in [3.05, 3.63) is 35.4 Å². The first-order valence-electron chi connectivity index (χ1n) is 7.24. The van der Waals surface area contributed by atoms with Gasteiger partial charge in [-0.25, -0.2) is 0 Å². The number of carbonyl (C=O) groups excluding carboxylic acids is 1. The van der Waals surface area contributed by atoms with Crippen LogP contribution in [-0.4, -0.2) is 19.0 Å². The maximum absolute atomic E-state index is 12.0. The number of carbonyl (C=O) groups is 1. The van der Waals surface area contributed by atoms with Crippen molar-refractivity contribution in [3.8, 4) is 0 Å². The second-order valence-electron chi connectivity index (χ2n) is 5.66. The highest BCUT2D eigenvalue weighted by Crippen LogP contribution is 2.15. The fourth-order valence-electron chi connectivity index (χ4n) is 2.43. The van der Waals surface area contributed by atoms with Crippen LogP contribution in [0.25, 0.3) is 0 Å². The van der Waals surface area contributed by atoms with Crippen molar-refractivity contribution in [3.63, 3.8) is 0 Å². The van der Waals surface area contributed by atoms with Crippen LogP contribution in [0, 0.1) is 5.92 Å². The minimum atomic E-state index is 0.142. The molecule has 1 saturated heterocycles. The molecule has 1 amide bonds. The van der Waals surface area contributed by atoms with Crippen molar-refractivity contribution in [2.24, 2.45) is 5.92 Å². The van der Waals surface area contributed by atoms with Crippen molar-refractivity contribution in [1.82, 2.24) is 10.6 Å². The standard InChI is InChI=1S/C16H24N2O/c1-12(2)14-7-5-13(6-8-14)10-18-16(19)15-4-3-9-17-11-15/h5-8,12,15,17H,3-4,9-11H2,1-2H3,(H,18,19). The third-order valence-corrected chi connectivity index (χ3v) is 3.78. The van der Waals surface area contributed by atoms with Crippen molar-refractivity contribution >= 4 is 5.91 Å². The zero-order valence-corrected chi connectivity index (χ0v) is 11.9. The molecule has 1 aromatic rings. The van der Waals surface area contributed by atoms with Crippen molar-refractivity contribution in [2.45, 2.75) is 39.2 Å². The maximum atomic E-state index is 12.0. The summed E-state index contributed by atoms with van der Waals surface area (Å²) < 4.78 is 0. The normalized spacial score (nSPS) is 19.4. The number of benzene rings is 1. The lowest BCUT2D eigenvalue weighted by Crippen LogP contribution is -2.40. The topological polar surface area (TPSA) is 41.1 Å². The lowest BCUT2D eigenvalue weighted by atomic mass is 9.98. The molecule has 0 saturated carbocycles. The van der Waals surface area contributed by atoms with E-state index in [-0.39, 0.29) is 11.8 Å². The summed E-state index contributed by atoms with van der Waals surface area (Å²) in [5.74, 6) is 0.876.